The fraction of sp³-hybridized carbons (Fsp3) is 0.917. The van der Waals surface area contributed by atoms with Gasteiger partial charge < -0.3 is 10.2 Å². The summed E-state index contributed by atoms with van der Waals surface area (Å²) in [6.07, 6.45) is 3.38. The summed E-state index contributed by atoms with van der Waals surface area (Å²) in [7, 11) is 0. The van der Waals surface area contributed by atoms with Crippen LogP contribution in [0.1, 0.15) is 33.1 Å². The minimum absolute atomic E-state index is 0.224. The van der Waals surface area contributed by atoms with Crippen LogP contribution in [0.15, 0.2) is 0 Å². The third-order valence-corrected chi connectivity index (χ3v) is 3.84. The number of rotatable bonds is 3. The van der Waals surface area contributed by atoms with Gasteiger partial charge in [0, 0.05) is 31.0 Å². The largest absolute Gasteiger partial charge is 0.341 e. The van der Waals surface area contributed by atoms with Gasteiger partial charge in [-0.25, -0.2) is 0 Å². The minimum atomic E-state index is 0.224. The van der Waals surface area contributed by atoms with Gasteiger partial charge in [-0.15, -0.1) is 0 Å². The maximum absolute atomic E-state index is 12.0. The van der Waals surface area contributed by atoms with Crippen molar-refractivity contribution >= 4 is 5.91 Å². The summed E-state index contributed by atoms with van der Waals surface area (Å²) in [6.45, 7) is 8.43. The second kappa shape index (κ2) is 4.12. The molecule has 86 valence electrons. The van der Waals surface area contributed by atoms with Crippen molar-refractivity contribution in [1.29, 1.82) is 0 Å². The maximum atomic E-state index is 12.0. The van der Waals surface area contributed by atoms with Crippen molar-refractivity contribution in [2.45, 2.75) is 33.1 Å². The summed E-state index contributed by atoms with van der Waals surface area (Å²) in [5.41, 5.74) is 0.446. The molecule has 0 aromatic carbocycles. The molecule has 15 heavy (non-hydrogen) atoms. The summed E-state index contributed by atoms with van der Waals surface area (Å²) in [5.74, 6) is 0.594. The summed E-state index contributed by atoms with van der Waals surface area (Å²) in [4.78, 5) is 14.0. The lowest BCUT2D eigenvalue weighted by atomic mass is 9.78. The van der Waals surface area contributed by atoms with Crippen molar-refractivity contribution in [3.05, 3.63) is 0 Å². The summed E-state index contributed by atoms with van der Waals surface area (Å²) in [6, 6.07) is 0. The molecule has 2 rings (SSSR count). The van der Waals surface area contributed by atoms with E-state index in [2.05, 4.69) is 19.2 Å². The molecule has 2 heterocycles. The summed E-state index contributed by atoms with van der Waals surface area (Å²) in [5, 5.41) is 3.39. The topological polar surface area (TPSA) is 32.3 Å². The van der Waals surface area contributed by atoms with Crippen LogP contribution in [0.3, 0.4) is 0 Å². The van der Waals surface area contributed by atoms with Gasteiger partial charge in [-0.3, -0.25) is 4.79 Å². The number of nitrogens with zero attached hydrogens (tertiary/aromatic N) is 1. The zero-order chi connectivity index (χ0) is 10.9. The Balaban J connectivity index is 1.80. The molecule has 0 aromatic rings. The van der Waals surface area contributed by atoms with E-state index in [0.29, 0.717) is 11.3 Å². The zero-order valence-corrected chi connectivity index (χ0v) is 9.88. The molecule has 1 amide bonds. The predicted octanol–water partition coefficient (Wildman–Crippen LogP) is 1.24. The number of hydrogen-bond acceptors (Lipinski definition) is 2. The van der Waals surface area contributed by atoms with E-state index >= 15 is 0 Å². The Bertz CT molecular complexity index is 238. The average molecular weight is 210 g/mol. The molecule has 0 radical (unpaired) electrons. The van der Waals surface area contributed by atoms with E-state index in [1.165, 1.54) is 6.42 Å². The van der Waals surface area contributed by atoms with E-state index in [4.69, 9.17) is 0 Å². The molecule has 1 atom stereocenters. The number of amides is 1. The number of nitrogens with one attached hydrogen (secondary N) is 1. The van der Waals surface area contributed by atoms with Crippen LogP contribution in [0.5, 0.6) is 0 Å². The third-order valence-electron chi connectivity index (χ3n) is 3.84. The Kier molecular flexibility index (Phi) is 3.01. The molecule has 2 aliphatic rings. The first-order valence-electron chi connectivity index (χ1n) is 6.16. The second-order valence-corrected chi connectivity index (χ2v) is 5.31. The molecule has 0 aliphatic carbocycles. The van der Waals surface area contributed by atoms with Crippen molar-refractivity contribution in [3.8, 4) is 0 Å². The van der Waals surface area contributed by atoms with Crippen LogP contribution in [0.25, 0.3) is 0 Å². The highest BCUT2D eigenvalue weighted by Gasteiger charge is 2.47. The van der Waals surface area contributed by atoms with Gasteiger partial charge in [0.15, 0.2) is 0 Å². The van der Waals surface area contributed by atoms with E-state index in [1.807, 2.05) is 4.90 Å². The van der Waals surface area contributed by atoms with E-state index in [0.717, 1.165) is 39.0 Å². The molecule has 3 heteroatoms. The highest BCUT2D eigenvalue weighted by Crippen LogP contribution is 2.36. The fourth-order valence-corrected chi connectivity index (χ4v) is 2.85. The first-order valence-corrected chi connectivity index (χ1v) is 6.16. The Labute approximate surface area is 92.2 Å². The van der Waals surface area contributed by atoms with Crippen LogP contribution in [0, 0.1) is 11.3 Å². The predicted molar refractivity (Wildman–Crippen MR) is 60.6 cm³/mol. The van der Waals surface area contributed by atoms with E-state index in [1.54, 1.807) is 0 Å². The van der Waals surface area contributed by atoms with Gasteiger partial charge in [-0.1, -0.05) is 20.3 Å². The van der Waals surface area contributed by atoms with Gasteiger partial charge in [0.25, 0.3) is 0 Å². The fourth-order valence-electron chi connectivity index (χ4n) is 2.85. The van der Waals surface area contributed by atoms with E-state index < -0.39 is 0 Å². The first-order chi connectivity index (χ1) is 7.17. The number of hydrogen-bond donors (Lipinski definition) is 1. The van der Waals surface area contributed by atoms with Crippen molar-refractivity contribution in [3.63, 3.8) is 0 Å². The van der Waals surface area contributed by atoms with Crippen molar-refractivity contribution in [2.24, 2.45) is 11.3 Å². The molecule has 0 saturated carbocycles. The number of likely N-dealkylation sites (tertiary alicyclic amines) is 1. The zero-order valence-electron chi connectivity index (χ0n) is 9.88. The molecule has 3 nitrogen and oxygen atoms in total. The standard InChI is InChI=1S/C12H22N2O/c1-3-4-10(2)11(15)14-8-12(9-14)5-6-13-7-12/h10,13H,3-9H2,1-2H3. The Morgan fingerprint density at radius 2 is 2.27 bits per heavy atom. The Hall–Kier alpha value is -0.570. The van der Waals surface area contributed by atoms with Gasteiger partial charge in [-0.2, -0.15) is 0 Å². The van der Waals surface area contributed by atoms with Gasteiger partial charge in [0.1, 0.15) is 0 Å². The normalized spacial score (nSPS) is 25.3. The van der Waals surface area contributed by atoms with Crippen LogP contribution in [0.2, 0.25) is 0 Å². The summed E-state index contributed by atoms with van der Waals surface area (Å²) >= 11 is 0. The highest BCUT2D eigenvalue weighted by molar-refractivity contribution is 5.79. The second-order valence-electron chi connectivity index (χ2n) is 5.31. The van der Waals surface area contributed by atoms with Crippen molar-refractivity contribution in [1.82, 2.24) is 10.2 Å². The van der Waals surface area contributed by atoms with Gasteiger partial charge in [0.05, 0.1) is 0 Å². The van der Waals surface area contributed by atoms with E-state index in [9.17, 15) is 4.79 Å². The Morgan fingerprint density at radius 1 is 1.53 bits per heavy atom. The summed E-state index contributed by atoms with van der Waals surface area (Å²) < 4.78 is 0. The molecule has 1 N–H and O–H groups in total. The lowest BCUT2D eigenvalue weighted by molar-refractivity contribution is -0.146. The maximum Gasteiger partial charge on any atom is 0.225 e. The van der Waals surface area contributed by atoms with Crippen LogP contribution < -0.4 is 5.32 Å². The molecule has 1 unspecified atom stereocenters. The van der Waals surface area contributed by atoms with Gasteiger partial charge in [-0.05, 0) is 19.4 Å². The Morgan fingerprint density at radius 3 is 2.80 bits per heavy atom. The molecule has 0 aromatic heterocycles. The van der Waals surface area contributed by atoms with Crippen LogP contribution in [-0.2, 0) is 4.79 Å². The molecule has 0 bridgehead atoms. The average Bonchev–Trinajstić information content (AvgIpc) is 2.63. The van der Waals surface area contributed by atoms with Crippen molar-refractivity contribution in [2.75, 3.05) is 26.2 Å². The number of carbonyl (C=O) groups excluding carboxylic acids is 1. The molecule has 1 spiro atoms. The molecule has 2 aliphatic heterocycles. The van der Waals surface area contributed by atoms with Gasteiger partial charge in [0.2, 0.25) is 5.91 Å². The molecular formula is C12H22N2O. The molecular weight excluding hydrogens is 188 g/mol. The van der Waals surface area contributed by atoms with Gasteiger partial charge >= 0.3 is 0 Å². The van der Waals surface area contributed by atoms with Crippen LogP contribution >= 0.6 is 0 Å². The van der Waals surface area contributed by atoms with Crippen LogP contribution in [0.4, 0.5) is 0 Å². The smallest absolute Gasteiger partial charge is 0.225 e. The quantitative estimate of drug-likeness (QED) is 0.760. The number of carbonyl (C=O) groups is 1. The lowest BCUT2D eigenvalue weighted by Crippen LogP contribution is -2.60. The highest BCUT2D eigenvalue weighted by atomic mass is 16.2. The molecule has 2 saturated heterocycles. The van der Waals surface area contributed by atoms with Crippen LogP contribution in [-0.4, -0.2) is 37.0 Å². The first kappa shape index (κ1) is 10.9. The van der Waals surface area contributed by atoms with Crippen molar-refractivity contribution < 1.29 is 4.79 Å². The van der Waals surface area contributed by atoms with E-state index in [-0.39, 0.29) is 5.92 Å². The third kappa shape index (κ3) is 2.03. The minimum Gasteiger partial charge on any atom is -0.341 e. The SMILES string of the molecule is CCCC(C)C(=O)N1CC2(CCNC2)C1. The monoisotopic (exact) mass is 210 g/mol. The lowest BCUT2D eigenvalue weighted by Gasteiger charge is -2.48. The molecule has 2 fully saturated rings.